The van der Waals surface area contributed by atoms with Gasteiger partial charge in [-0.05, 0) is 43.9 Å². The first kappa shape index (κ1) is 15.4. The minimum absolute atomic E-state index is 0.423. The molecule has 2 atom stereocenters. The van der Waals surface area contributed by atoms with Crippen molar-refractivity contribution >= 4 is 0 Å². The highest BCUT2D eigenvalue weighted by molar-refractivity contribution is 5.26. The van der Waals surface area contributed by atoms with Gasteiger partial charge in [0.25, 0.3) is 0 Å². The molecule has 0 aromatic heterocycles. The van der Waals surface area contributed by atoms with Gasteiger partial charge in [0, 0.05) is 6.04 Å². The predicted molar refractivity (Wildman–Crippen MR) is 74.6 cm³/mol. The molecular formula is C16H22F3N. The number of benzene rings is 1. The molecule has 0 radical (unpaired) electrons. The van der Waals surface area contributed by atoms with Crippen LogP contribution >= 0.6 is 0 Å². The van der Waals surface area contributed by atoms with Crippen LogP contribution in [0.1, 0.15) is 43.2 Å². The average Bonchev–Trinajstić information content (AvgIpc) is 2.63. The van der Waals surface area contributed by atoms with Crippen LogP contribution in [0.5, 0.6) is 0 Å². The van der Waals surface area contributed by atoms with Crippen molar-refractivity contribution in [2.75, 3.05) is 7.05 Å². The lowest BCUT2D eigenvalue weighted by Crippen LogP contribution is -2.33. The molecule has 2 rings (SSSR count). The van der Waals surface area contributed by atoms with Gasteiger partial charge in [-0.3, -0.25) is 0 Å². The van der Waals surface area contributed by atoms with E-state index in [1.165, 1.54) is 31.4 Å². The minimum Gasteiger partial charge on any atom is -0.317 e. The molecule has 20 heavy (non-hydrogen) atoms. The summed E-state index contributed by atoms with van der Waals surface area (Å²) in [5.74, 6) is 0.436. The summed E-state index contributed by atoms with van der Waals surface area (Å²) in [6.07, 6.45) is 2.34. The third-order valence-electron chi connectivity index (χ3n) is 4.28. The molecule has 2 unspecified atom stereocenters. The van der Waals surface area contributed by atoms with Gasteiger partial charge < -0.3 is 5.32 Å². The van der Waals surface area contributed by atoms with Gasteiger partial charge >= 0.3 is 6.18 Å². The molecule has 4 heteroatoms. The zero-order chi connectivity index (χ0) is 14.6. The Morgan fingerprint density at radius 3 is 2.60 bits per heavy atom. The SMILES string of the molecule is CNC1CCCCCC1Cc1cccc(C(F)(F)F)c1. The van der Waals surface area contributed by atoms with Crippen LogP contribution in [-0.4, -0.2) is 13.1 Å². The zero-order valence-electron chi connectivity index (χ0n) is 11.8. The van der Waals surface area contributed by atoms with Gasteiger partial charge in [-0.2, -0.15) is 13.2 Å². The van der Waals surface area contributed by atoms with Crippen LogP contribution in [0.2, 0.25) is 0 Å². The normalized spacial score (nSPS) is 24.4. The number of nitrogens with one attached hydrogen (secondary N) is 1. The van der Waals surface area contributed by atoms with Gasteiger partial charge in [-0.1, -0.05) is 37.5 Å². The van der Waals surface area contributed by atoms with Crippen molar-refractivity contribution in [2.24, 2.45) is 5.92 Å². The Morgan fingerprint density at radius 2 is 1.90 bits per heavy atom. The quantitative estimate of drug-likeness (QED) is 0.811. The van der Waals surface area contributed by atoms with Gasteiger partial charge in [0.15, 0.2) is 0 Å². The molecule has 1 aliphatic rings. The van der Waals surface area contributed by atoms with Gasteiger partial charge in [0.1, 0.15) is 0 Å². The molecule has 0 spiro atoms. The maximum atomic E-state index is 12.7. The van der Waals surface area contributed by atoms with Crippen LogP contribution in [-0.2, 0) is 12.6 Å². The molecule has 0 heterocycles. The lowest BCUT2D eigenvalue weighted by molar-refractivity contribution is -0.137. The number of alkyl halides is 3. The van der Waals surface area contributed by atoms with E-state index in [2.05, 4.69) is 5.32 Å². The summed E-state index contributed by atoms with van der Waals surface area (Å²) < 4.78 is 38.2. The molecule has 0 saturated heterocycles. The highest BCUT2D eigenvalue weighted by Gasteiger charge is 2.31. The molecule has 0 amide bonds. The summed E-state index contributed by atoms with van der Waals surface area (Å²) in [5.41, 5.74) is 0.261. The second-order valence-electron chi connectivity index (χ2n) is 5.70. The molecule has 1 aliphatic carbocycles. The van der Waals surface area contributed by atoms with Crippen LogP contribution in [0.3, 0.4) is 0 Å². The highest BCUT2D eigenvalue weighted by Crippen LogP contribution is 2.31. The van der Waals surface area contributed by atoms with Crippen LogP contribution in [0.25, 0.3) is 0 Å². The van der Waals surface area contributed by atoms with Crippen molar-refractivity contribution in [3.63, 3.8) is 0 Å². The smallest absolute Gasteiger partial charge is 0.317 e. The monoisotopic (exact) mass is 285 g/mol. The number of rotatable bonds is 3. The fourth-order valence-electron chi connectivity index (χ4n) is 3.19. The van der Waals surface area contributed by atoms with Crippen molar-refractivity contribution in [3.8, 4) is 0 Å². The summed E-state index contributed by atoms with van der Waals surface area (Å²) in [4.78, 5) is 0. The second-order valence-corrected chi connectivity index (χ2v) is 5.70. The third kappa shape index (κ3) is 3.98. The number of halogens is 3. The van der Waals surface area contributed by atoms with Crippen molar-refractivity contribution in [1.82, 2.24) is 5.32 Å². The Kier molecular flexibility index (Phi) is 5.08. The summed E-state index contributed by atoms with van der Waals surface area (Å²) in [6.45, 7) is 0. The van der Waals surface area contributed by atoms with Gasteiger partial charge in [-0.25, -0.2) is 0 Å². The highest BCUT2D eigenvalue weighted by atomic mass is 19.4. The molecule has 112 valence electrons. The van der Waals surface area contributed by atoms with Crippen LogP contribution in [0, 0.1) is 5.92 Å². The summed E-state index contributed by atoms with van der Waals surface area (Å²) in [7, 11) is 1.95. The predicted octanol–water partition coefficient (Wildman–Crippen LogP) is 4.42. The molecule has 1 aromatic carbocycles. The van der Waals surface area contributed by atoms with Crippen LogP contribution in [0.15, 0.2) is 24.3 Å². The van der Waals surface area contributed by atoms with E-state index >= 15 is 0 Å². The first-order valence-corrected chi connectivity index (χ1v) is 7.34. The van der Waals surface area contributed by atoms with Crippen molar-refractivity contribution in [1.29, 1.82) is 0 Å². The Bertz CT molecular complexity index is 428. The molecule has 1 fully saturated rings. The van der Waals surface area contributed by atoms with Gasteiger partial charge in [0.2, 0.25) is 0 Å². The maximum Gasteiger partial charge on any atom is 0.416 e. The molecule has 1 saturated carbocycles. The van der Waals surface area contributed by atoms with Crippen molar-refractivity contribution in [3.05, 3.63) is 35.4 Å². The fourth-order valence-corrected chi connectivity index (χ4v) is 3.19. The van der Waals surface area contributed by atoms with E-state index in [0.717, 1.165) is 30.9 Å². The zero-order valence-corrected chi connectivity index (χ0v) is 11.8. The van der Waals surface area contributed by atoms with Crippen LogP contribution < -0.4 is 5.32 Å². The lowest BCUT2D eigenvalue weighted by Gasteiger charge is -2.25. The van der Waals surface area contributed by atoms with E-state index in [4.69, 9.17) is 0 Å². The molecule has 0 bridgehead atoms. The molecular weight excluding hydrogens is 263 g/mol. The Hall–Kier alpha value is -1.03. The topological polar surface area (TPSA) is 12.0 Å². The van der Waals surface area contributed by atoms with Crippen molar-refractivity contribution in [2.45, 2.75) is 50.7 Å². The number of hydrogen-bond donors (Lipinski definition) is 1. The largest absolute Gasteiger partial charge is 0.416 e. The van der Waals surface area contributed by atoms with E-state index in [1.54, 1.807) is 0 Å². The summed E-state index contributed by atoms with van der Waals surface area (Å²) >= 11 is 0. The van der Waals surface area contributed by atoms with Gasteiger partial charge in [0.05, 0.1) is 5.56 Å². The third-order valence-corrected chi connectivity index (χ3v) is 4.28. The van der Waals surface area contributed by atoms with Crippen molar-refractivity contribution < 1.29 is 13.2 Å². The van der Waals surface area contributed by atoms with Crippen LogP contribution in [0.4, 0.5) is 13.2 Å². The molecule has 0 aliphatic heterocycles. The first-order valence-electron chi connectivity index (χ1n) is 7.34. The first-order chi connectivity index (χ1) is 9.50. The maximum absolute atomic E-state index is 12.7. The average molecular weight is 285 g/mol. The summed E-state index contributed by atoms with van der Waals surface area (Å²) in [5, 5.41) is 3.34. The van der Waals surface area contributed by atoms with E-state index in [-0.39, 0.29) is 0 Å². The summed E-state index contributed by atoms with van der Waals surface area (Å²) in [6, 6.07) is 6.20. The second kappa shape index (κ2) is 6.61. The van der Waals surface area contributed by atoms with E-state index in [1.807, 2.05) is 13.1 Å². The van der Waals surface area contributed by atoms with E-state index in [9.17, 15) is 13.2 Å². The minimum atomic E-state index is -4.25. The van der Waals surface area contributed by atoms with E-state index in [0.29, 0.717) is 12.0 Å². The Morgan fingerprint density at radius 1 is 1.15 bits per heavy atom. The molecule has 1 nitrogen and oxygen atoms in total. The number of hydrogen-bond acceptors (Lipinski definition) is 1. The Labute approximate surface area is 118 Å². The standard InChI is InChI=1S/C16H22F3N/c1-20-15-9-4-2-3-7-13(15)10-12-6-5-8-14(11-12)16(17,18)19/h5-6,8,11,13,15,20H,2-4,7,9-10H2,1H3. The Balaban J connectivity index is 2.11. The van der Waals surface area contributed by atoms with E-state index < -0.39 is 11.7 Å². The fraction of sp³-hybridized carbons (Fsp3) is 0.625. The lowest BCUT2D eigenvalue weighted by atomic mass is 9.88. The molecule has 1 N–H and O–H groups in total. The van der Waals surface area contributed by atoms with Gasteiger partial charge in [-0.15, -0.1) is 0 Å². The molecule has 1 aromatic rings.